The molecule has 0 saturated heterocycles. The fourth-order valence-electron chi connectivity index (χ4n) is 3.62. The molecular formula is C22H27N7O2. The summed E-state index contributed by atoms with van der Waals surface area (Å²) >= 11 is 0. The number of amides is 1. The van der Waals surface area contributed by atoms with Crippen molar-refractivity contribution < 1.29 is 9.53 Å². The Kier molecular flexibility index (Phi) is 6.40. The molecule has 1 aliphatic carbocycles. The number of nitrogens with zero attached hydrogens (tertiary/aromatic N) is 5. The van der Waals surface area contributed by atoms with Crippen molar-refractivity contribution in [3.63, 3.8) is 0 Å². The van der Waals surface area contributed by atoms with E-state index >= 15 is 0 Å². The number of hydrogen-bond acceptors (Lipinski definition) is 7. The van der Waals surface area contributed by atoms with Gasteiger partial charge in [-0.25, -0.2) is 9.67 Å². The van der Waals surface area contributed by atoms with E-state index < -0.39 is 0 Å². The normalized spacial score (nSPS) is 13.9. The van der Waals surface area contributed by atoms with Crippen LogP contribution in [0.5, 0.6) is 5.88 Å². The topological polar surface area (TPSA) is 107 Å². The number of aryl methyl sites for hydroxylation is 2. The van der Waals surface area contributed by atoms with Gasteiger partial charge in [0.15, 0.2) is 5.82 Å². The van der Waals surface area contributed by atoms with Crippen LogP contribution in [0, 0.1) is 13.8 Å². The van der Waals surface area contributed by atoms with Crippen molar-refractivity contribution in [3.05, 3.63) is 53.5 Å². The maximum Gasteiger partial charge on any atom is 0.252 e. The van der Waals surface area contributed by atoms with Gasteiger partial charge in [-0.05, 0) is 63.8 Å². The number of pyridine rings is 1. The number of aromatic nitrogens is 5. The van der Waals surface area contributed by atoms with Crippen LogP contribution in [-0.2, 0) is 0 Å². The standard InChI is InChI=1S/C22H27N7O2/c1-15-13-16(2)29(28-15)20-9-8-19(26-27-20)23-11-12-24-22(30)17-7-10-21(25-14-17)31-18-5-3-4-6-18/h7-10,13-14,18H,3-6,11-12H2,1-2H3,(H,23,26)(H,24,30). The molecule has 9 heteroatoms. The highest BCUT2D eigenvalue weighted by Gasteiger charge is 2.17. The molecule has 0 radical (unpaired) electrons. The highest BCUT2D eigenvalue weighted by atomic mass is 16.5. The average molecular weight is 422 g/mol. The van der Waals surface area contributed by atoms with Gasteiger partial charge in [-0.1, -0.05) is 0 Å². The number of ether oxygens (including phenoxy) is 1. The van der Waals surface area contributed by atoms with Crippen molar-refractivity contribution in [2.45, 2.75) is 45.6 Å². The van der Waals surface area contributed by atoms with E-state index in [0.717, 1.165) is 24.2 Å². The predicted molar refractivity (Wildman–Crippen MR) is 117 cm³/mol. The van der Waals surface area contributed by atoms with Crippen molar-refractivity contribution in [3.8, 4) is 11.7 Å². The van der Waals surface area contributed by atoms with Crippen LogP contribution >= 0.6 is 0 Å². The summed E-state index contributed by atoms with van der Waals surface area (Å²) in [6.45, 7) is 4.88. The van der Waals surface area contributed by atoms with E-state index in [1.165, 1.54) is 12.8 Å². The lowest BCUT2D eigenvalue weighted by atomic mass is 10.2. The first-order valence-corrected chi connectivity index (χ1v) is 10.6. The zero-order valence-corrected chi connectivity index (χ0v) is 17.8. The Balaban J connectivity index is 1.21. The Morgan fingerprint density at radius 1 is 1.13 bits per heavy atom. The molecule has 0 aliphatic heterocycles. The summed E-state index contributed by atoms with van der Waals surface area (Å²) in [6.07, 6.45) is 6.37. The molecule has 0 unspecified atom stereocenters. The van der Waals surface area contributed by atoms with Crippen LogP contribution < -0.4 is 15.4 Å². The fourth-order valence-corrected chi connectivity index (χ4v) is 3.62. The Bertz CT molecular complexity index is 1010. The van der Waals surface area contributed by atoms with Gasteiger partial charge >= 0.3 is 0 Å². The number of anilines is 1. The first kappa shape index (κ1) is 20.8. The SMILES string of the molecule is Cc1cc(C)n(-c2ccc(NCCNC(=O)c3ccc(OC4CCCC4)nc3)nn2)n1. The number of nitrogens with one attached hydrogen (secondary N) is 2. The molecule has 3 heterocycles. The molecule has 0 bridgehead atoms. The molecule has 3 aromatic rings. The third-order valence-electron chi connectivity index (χ3n) is 5.18. The maximum atomic E-state index is 12.3. The highest BCUT2D eigenvalue weighted by molar-refractivity contribution is 5.93. The molecule has 3 aromatic heterocycles. The summed E-state index contributed by atoms with van der Waals surface area (Å²) in [7, 11) is 0. The second-order valence-electron chi connectivity index (χ2n) is 7.71. The third kappa shape index (κ3) is 5.36. The summed E-state index contributed by atoms with van der Waals surface area (Å²) < 4.78 is 7.59. The van der Waals surface area contributed by atoms with Gasteiger partial charge in [0.2, 0.25) is 5.88 Å². The lowest BCUT2D eigenvalue weighted by Gasteiger charge is -2.12. The second-order valence-corrected chi connectivity index (χ2v) is 7.71. The molecule has 9 nitrogen and oxygen atoms in total. The lowest BCUT2D eigenvalue weighted by Crippen LogP contribution is -2.29. The molecule has 1 saturated carbocycles. The van der Waals surface area contributed by atoms with Crippen LogP contribution in [0.4, 0.5) is 5.82 Å². The molecule has 0 spiro atoms. The van der Waals surface area contributed by atoms with E-state index in [9.17, 15) is 4.79 Å². The predicted octanol–water partition coefficient (Wildman–Crippen LogP) is 2.84. The van der Waals surface area contributed by atoms with Gasteiger partial charge < -0.3 is 15.4 Å². The van der Waals surface area contributed by atoms with E-state index in [2.05, 4.69) is 30.9 Å². The molecule has 1 fully saturated rings. The summed E-state index contributed by atoms with van der Waals surface area (Å²) in [5.41, 5.74) is 2.44. The lowest BCUT2D eigenvalue weighted by molar-refractivity contribution is 0.0954. The van der Waals surface area contributed by atoms with Gasteiger partial charge in [-0.3, -0.25) is 4.79 Å². The average Bonchev–Trinajstić information content (AvgIpc) is 3.41. The number of hydrogen-bond donors (Lipinski definition) is 2. The molecule has 0 atom stereocenters. The van der Waals surface area contributed by atoms with Gasteiger partial charge in [0, 0.05) is 31.0 Å². The van der Waals surface area contributed by atoms with Gasteiger partial charge in [0.05, 0.1) is 11.3 Å². The van der Waals surface area contributed by atoms with E-state index in [1.807, 2.05) is 32.0 Å². The smallest absolute Gasteiger partial charge is 0.252 e. The van der Waals surface area contributed by atoms with Gasteiger partial charge in [0.1, 0.15) is 11.9 Å². The first-order valence-electron chi connectivity index (χ1n) is 10.6. The maximum absolute atomic E-state index is 12.3. The van der Waals surface area contributed by atoms with Crippen molar-refractivity contribution in [2.24, 2.45) is 0 Å². The third-order valence-corrected chi connectivity index (χ3v) is 5.18. The van der Waals surface area contributed by atoms with E-state index in [0.29, 0.717) is 36.2 Å². The molecule has 4 rings (SSSR count). The van der Waals surface area contributed by atoms with E-state index in [1.54, 1.807) is 23.0 Å². The monoisotopic (exact) mass is 421 g/mol. The summed E-state index contributed by atoms with van der Waals surface area (Å²) in [6, 6.07) is 9.18. The minimum absolute atomic E-state index is 0.173. The van der Waals surface area contributed by atoms with Crippen molar-refractivity contribution in [2.75, 3.05) is 18.4 Å². The molecule has 31 heavy (non-hydrogen) atoms. The van der Waals surface area contributed by atoms with Crippen molar-refractivity contribution in [1.29, 1.82) is 0 Å². The molecule has 1 amide bonds. The van der Waals surface area contributed by atoms with Gasteiger partial charge in [-0.15, -0.1) is 10.2 Å². The largest absolute Gasteiger partial charge is 0.474 e. The molecule has 1 aliphatic rings. The first-order chi connectivity index (χ1) is 15.1. The Hall–Kier alpha value is -3.49. The van der Waals surface area contributed by atoms with Crippen LogP contribution in [0.15, 0.2) is 36.5 Å². The zero-order chi connectivity index (χ0) is 21.6. The van der Waals surface area contributed by atoms with Crippen molar-refractivity contribution in [1.82, 2.24) is 30.3 Å². The molecule has 0 aromatic carbocycles. The van der Waals surface area contributed by atoms with Gasteiger partial charge in [0.25, 0.3) is 5.91 Å². The number of rotatable bonds is 8. The van der Waals surface area contributed by atoms with E-state index in [4.69, 9.17) is 4.74 Å². The van der Waals surface area contributed by atoms with Gasteiger partial charge in [-0.2, -0.15) is 5.10 Å². The fraction of sp³-hybridized carbons (Fsp3) is 0.409. The minimum atomic E-state index is -0.173. The van der Waals surface area contributed by atoms with Crippen LogP contribution in [0.3, 0.4) is 0 Å². The Labute approximate surface area is 181 Å². The van der Waals surface area contributed by atoms with Crippen LogP contribution in [0.2, 0.25) is 0 Å². The Morgan fingerprint density at radius 2 is 1.97 bits per heavy atom. The van der Waals surface area contributed by atoms with Crippen LogP contribution in [0.25, 0.3) is 5.82 Å². The molecule has 162 valence electrons. The molecular weight excluding hydrogens is 394 g/mol. The number of carbonyl (C=O) groups is 1. The van der Waals surface area contributed by atoms with Crippen molar-refractivity contribution >= 4 is 11.7 Å². The zero-order valence-electron chi connectivity index (χ0n) is 17.8. The summed E-state index contributed by atoms with van der Waals surface area (Å²) in [5.74, 6) is 1.70. The second kappa shape index (κ2) is 9.55. The van der Waals surface area contributed by atoms with Crippen LogP contribution in [-0.4, -0.2) is 50.1 Å². The van der Waals surface area contributed by atoms with Crippen LogP contribution in [0.1, 0.15) is 47.4 Å². The molecule has 2 N–H and O–H groups in total. The highest BCUT2D eigenvalue weighted by Crippen LogP contribution is 2.22. The summed E-state index contributed by atoms with van der Waals surface area (Å²) in [5, 5.41) is 18.8. The summed E-state index contributed by atoms with van der Waals surface area (Å²) in [4.78, 5) is 16.5. The minimum Gasteiger partial charge on any atom is -0.474 e. The Morgan fingerprint density at radius 3 is 2.61 bits per heavy atom. The quantitative estimate of drug-likeness (QED) is 0.539. The number of carbonyl (C=O) groups excluding carboxylic acids is 1. The van der Waals surface area contributed by atoms with E-state index in [-0.39, 0.29) is 12.0 Å².